The zero-order valence-electron chi connectivity index (χ0n) is 17.5. The maximum Gasteiger partial charge on any atom is 0.243 e. The summed E-state index contributed by atoms with van der Waals surface area (Å²) < 4.78 is 40.4. The van der Waals surface area contributed by atoms with Gasteiger partial charge in [0.15, 0.2) is 0 Å². The van der Waals surface area contributed by atoms with Gasteiger partial charge in [-0.3, -0.25) is 4.79 Å². The lowest BCUT2D eigenvalue weighted by Crippen LogP contribution is -2.48. The Hall–Kier alpha value is -2.25. The molecule has 2 aromatic rings. The lowest BCUT2D eigenvalue weighted by Gasteiger charge is -2.37. The van der Waals surface area contributed by atoms with Gasteiger partial charge in [0.2, 0.25) is 15.9 Å². The normalized spacial score (nSPS) is 16.9. The highest BCUT2D eigenvalue weighted by molar-refractivity contribution is 7.89. The van der Waals surface area contributed by atoms with Gasteiger partial charge in [-0.1, -0.05) is 44.5 Å². The topological polar surface area (TPSA) is 66.5 Å². The zero-order chi connectivity index (χ0) is 21.8. The molecule has 1 saturated heterocycles. The van der Waals surface area contributed by atoms with Crippen molar-refractivity contribution in [2.75, 3.05) is 13.1 Å². The molecule has 1 N–H and O–H groups in total. The van der Waals surface area contributed by atoms with Gasteiger partial charge < -0.3 is 5.32 Å². The Morgan fingerprint density at radius 1 is 1.03 bits per heavy atom. The third-order valence-electron chi connectivity index (χ3n) is 5.84. The van der Waals surface area contributed by atoms with E-state index in [0.717, 1.165) is 24.0 Å². The number of hydrogen-bond donors (Lipinski definition) is 1. The first-order valence-electron chi connectivity index (χ1n) is 10.4. The predicted molar refractivity (Wildman–Crippen MR) is 115 cm³/mol. The second-order valence-electron chi connectivity index (χ2n) is 8.17. The van der Waals surface area contributed by atoms with Crippen LogP contribution in [-0.4, -0.2) is 31.7 Å². The maximum atomic E-state index is 13.0. The fourth-order valence-electron chi connectivity index (χ4n) is 3.71. The maximum absolute atomic E-state index is 13.0. The Bertz CT molecular complexity index is 965. The van der Waals surface area contributed by atoms with Gasteiger partial charge in [0, 0.05) is 25.0 Å². The number of carbonyl (C=O) groups is 1. The van der Waals surface area contributed by atoms with E-state index in [0.29, 0.717) is 37.4 Å². The molecule has 0 aliphatic carbocycles. The van der Waals surface area contributed by atoms with Crippen molar-refractivity contribution in [2.24, 2.45) is 5.41 Å². The number of nitrogens with zero attached hydrogens (tertiary/aromatic N) is 1. The van der Waals surface area contributed by atoms with Gasteiger partial charge in [-0.2, -0.15) is 4.31 Å². The number of rotatable bonds is 7. The number of sulfonamides is 1. The lowest BCUT2D eigenvalue weighted by molar-refractivity contribution is -0.132. The van der Waals surface area contributed by atoms with Crippen LogP contribution in [0.25, 0.3) is 0 Å². The third-order valence-corrected chi connectivity index (χ3v) is 7.75. The summed E-state index contributed by atoms with van der Waals surface area (Å²) in [6.07, 6.45) is 2.85. The molecule has 0 bridgehead atoms. The largest absolute Gasteiger partial charge is 0.352 e. The van der Waals surface area contributed by atoms with Gasteiger partial charge >= 0.3 is 0 Å². The molecular formula is C23H29FN2O3S. The molecule has 30 heavy (non-hydrogen) atoms. The molecule has 1 fully saturated rings. The van der Waals surface area contributed by atoms with Crippen molar-refractivity contribution in [3.63, 3.8) is 0 Å². The van der Waals surface area contributed by atoms with Crippen LogP contribution >= 0.6 is 0 Å². The summed E-state index contributed by atoms with van der Waals surface area (Å²) in [5, 5.41) is 2.90. The Morgan fingerprint density at radius 2 is 1.60 bits per heavy atom. The van der Waals surface area contributed by atoms with E-state index in [1.807, 2.05) is 19.1 Å². The average molecular weight is 433 g/mol. The van der Waals surface area contributed by atoms with Gasteiger partial charge in [-0.25, -0.2) is 12.8 Å². The zero-order valence-corrected chi connectivity index (χ0v) is 18.3. The highest BCUT2D eigenvalue weighted by Crippen LogP contribution is 2.33. The minimum atomic E-state index is -3.56. The highest BCUT2D eigenvalue weighted by atomic mass is 32.2. The van der Waals surface area contributed by atoms with E-state index in [1.165, 1.54) is 16.4 Å². The summed E-state index contributed by atoms with van der Waals surface area (Å²) in [6, 6.07) is 13.1. The van der Waals surface area contributed by atoms with Crippen LogP contribution in [0.1, 0.15) is 44.2 Å². The number of aryl methyl sites for hydroxylation is 1. The highest BCUT2D eigenvalue weighted by Gasteiger charge is 2.40. The van der Waals surface area contributed by atoms with Gasteiger partial charge in [0.1, 0.15) is 5.82 Å². The summed E-state index contributed by atoms with van der Waals surface area (Å²) in [5.41, 5.74) is 1.32. The minimum Gasteiger partial charge on any atom is -0.352 e. The molecule has 0 radical (unpaired) electrons. The molecule has 0 aromatic heterocycles. The minimum absolute atomic E-state index is 0.104. The molecule has 0 saturated carbocycles. The summed E-state index contributed by atoms with van der Waals surface area (Å²) in [4.78, 5) is 13.0. The van der Waals surface area contributed by atoms with Crippen molar-refractivity contribution in [3.8, 4) is 0 Å². The molecule has 1 amide bonds. The summed E-state index contributed by atoms with van der Waals surface area (Å²) in [6.45, 7) is 4.89. The van der Waals surface area contributed by atoms with Crippen LogP contribution in [0.2, 0.25) is 0 Å². The van der Waals surface area contributed by atoms with Crippen LogP contribution in [0.3, 0.4) is 0 Å². The fourth-order valence-corrected chi connectivity index (χ4v) is 5.15. The van der Waals surface area contributed by atoms with Crippen LogP contribution < -0.4 is 5.32 Å². The molecule has 0 spiro atoms. The van der Waals surface area contributed by atoms with E-state index >= 15 is 0 Å². The van der Waals surface area contributed by atoms with Crippen LogP contribution in [0.4, 0.5) is 4.39 Å². The van der Waals surface area contributed by atoms with Gasteiger partial charge in [0.05, 0.1) is 4.90 Å². The van der Waals surface area contributed by atoms with E-state index in [-0.39, 0.29) is 11.7 Å². The Balaban J connectivity index is 1.59. The van der Waals surface area contributed by atoms with E-state index < -0.39 is 15.4 Å². The molecule has 7 heteroatoms. The van der Waals surface area contributed by atoms with E-state index in [2.05, 4.69) is 12.2 Å². The molecule has 1 aliphatic heterocycles. The molecule has 1 aliphatic rings. The molecule has 5 nitrogen and oxygen atoms in total. The first-order chi connectivity index (χ1) is 14.2. The molecule has 162 valence electrons. The number of halogens is 1. The number of benzene rings is 2. The second kappa shape index (κ2) is 9.27. The number of nitrogens with one attached hydrogen (secondary N) is 1. The number of carbonyl (C=O) groups excluding carboxylic acids is 1. The Morgan fingerprint density at radius 3 is 2.17 bits per heavy atom. The van der Waals surface area contributed by atoms with Crippen molar-refractivity contribution >= 4 is 15.9 Å². The third kappa shape index (κ3) is 5.08. The molecule has 2 aromatic carbocycles. The van der Waals surface area contributed by atoms with E-state index in [9.17, 15) is 17.6 Å². The first-order valence-corrected chi connectivity index (χ1v) is 11.8. The van der Waals surface area contributed by atoms with Crippen molar-refractivity contribution in [3.05, 3.63) is 65.5 Å². The van der Waals surface area contributed by atoms with Crippen LogP contribution in [0.5, 0.6) is 0 Å². The quantitative estimate of drug-likeness (QED) is 0.722. The van der Waals surface area contributed by atoms with Gasteiger partial charge in [-0.15, -0.1) is 0 Å². The molecule has 0 atom stereocenters. The van der Waals surface area contributed by atoms with Crippen LogP contribution in [-0.2, 0) is 27.8 Å². The number of amides is 1. The molecular weight excluding hydrogens is 403 g/mol. The second-order valence-corrected chi connectivity index (χ2v) is 10.1. The smallest absolute Gasteiger partial charge is 0.243 e. The summed E-state index contributed by atoms with van der Waals surface area (Å²) >= 11 is 0. The van der Waals surface area contributed by atoms with E-state index in [1.54, 1.807) is 24.3 Å². The van der Waals surface area contributed by atoms with Gasteiger partial charge in [0.25, 0.3) is 0 Å². The SMILES string of the molecule is CCCc1ccc(S(=O)(=O)N2CCC(C)(C(=O)NCc3ccc(F)cc3)CC2)cc1. The van der Waals surface area contributed by atoms with Crippen molar-refractivity contribution in [1.29, 1.82) is 0 Å². The molecule has 1 heterocycles. The fraction of sp³-hybridized carbons (Fsp3) is 0.435. The summed E-state index contributed by atoms with van der Waals surface area (Å²) in [7, 11) is -3.56. The van der Waals surface area contributed by atoms with Crippen LogP contribution in [0.15, 0.2) is 53.4 Å². The predicted octanol–water partition coefficient (Wildman–Crippen LogP) is 3.89. The average Bonchev–Trinajstić information content (AvgIpc) is 2.74. The van der Waals surface area contributed by atoms with Crippen molar-refractivity contribution < 1.29 is 17.6 Å². The van der Waals surface area contributed by atoms with Crippen LogP contribution in [0, 0.1) is 11.2 Å². The number of hydrogen-bond acceptors (Lipinski definition) is 3. The number of piperidine rings is 1. The monoisotopic (exact) mass is 432 g/mol. The Kier molecular flexibility index (Phi) is 6.93. The molecule has 0 unspecified atom stereocenters. The van der Waals surface area contributed by atoms with Crippen molar-refractivity contribution in [1.82, 2.24) is 9.62 Å². The van der Waals surface area contributed by atoms with Crippen molar-refractivity contribution in [2.45, 2.75) is 51.0 Å². The van der Waals surface area contributed by atoms with E-state index in [4.69, 9.17) is 0 Å². The summed E-state index contributed by atoms with van der Waals surface area (Å²) in [5.74, 6) is -0.418. The first kappa shape index (κ1) is 22.4. The lowest BCUT2D eigenvalue weighted by atomic mass is 9.80. The molecule has 3 rings (SSSR count). The standard InChI is InChI=1S/C23H29FN2O3S/c1-3-4-18-7-11-21(12-8-18)30(28,29)26-15-13-23(2,14-16-26)22(27)25-17-19-5-9-20(24)10-6-19/h5-12H,3-4,13-17H2,1-2H3,(H,25,27). The van der Waals surface area contributed by atoms with Gasteiger partial charge in [-0.05, 0) is 54.7 Å². The Labute approximate surface area is 178 Å².